The van der Waals surface area contributed by atoms with Crippen LogP contribution >= 0.6 is 0 Å². The SMILES string of the molecule is Cc1ccc(-c2nnc(CCC(=O)NNC(=O)C(=O)NC(C)C)o2)cc1. The maximum atomic E-state index is 11.7. The summed E-state index contributed by atoms with van der Waals surface area (Å²) in [6, 6.07) is 7.44. The van der Waals surface area contributed by atoms with Crippen LogP contribution in [0.25, 0.3) is 11.5 Å². The lowest BCUT2D eigenvalue weighted by Gasteiger charge is -2.09. The monoisotopic (exact) mass is 359 g/mol. The number of nitrogens with zero attached hydrogens (tertiary/aromatic N) is 2. The maximum Gasteiger partial charge on any atom is 0.327 e. The van der Waals surface area contributed by atoms with Crippen LogP contribution in [0.1, 0.15) is 31.7 Å². The van der Waals surface area contributed by atoms with Gasteiger partial charge < -0.3 is 9.73 Å². The van der Waals surface area contributed by atoms with Crippen LogP contribution < -0.4 is 16.2 Å². The van der Waals surface area contributed by atoms with Crippen molar-refractivity contribution in [2.45, 2.75) is 39.7 Å². The number of benzene rings is 1. The quantitative estimate of drug-likeness (QED) is 0.531. The first-order valence-electron chi connectivity index (χ1n) is 8.14. The summed E-state index contributed by atoms with van der Waals surface area (Å²) in [7, 11) is 0. The molecular formula is C17H21N5O4. The van der Waals surface area contributed by atoms with Crippen molar-refractivity contribution in [3.05, 3.63) is 35.7 Å². The Kier molecular flexibility index (Phi) is 6.42. The van der Waals surface area contributed by atoms with Gasteiger partial charge >= 0.3 is 11.8 Å². The van der Waals surface area contributed by atoms with Gasteiger partial charge in [0.2, 0.25) is 17.7 Å². The van der Waals surface area contributed by atoms with Crippen molar-refractivity contribution in [3.8, 4) is 11.5 Å². The van der Waals surface area contributed by atoms with E-state index >= 15 is 0 Å². The molecule has 0 aliphatic rings. The minimum absolute atomic E-state index is 0.0155. The number of carbonyl (C=O) groups excluding carboxylic acids is 3. The highest BCUT2D eigenvalue weighted by atomic mass is 16.4. The van der Waals surface area contributed by atoms with Crippen molar-refractivity contribution in [2.24, 2.45) is 0 Å². The maximum absolute atomic E-state index is 11.7. The summed E-state index contributed by atoms with van der Waals surface area (Å²) < 4.78 is 5.51. The molecular weight excluding hydrogens is 338 g/mol. The second-order valence-electron chi connectivity index (χ2n) is 6.00. The molecule has 26 heavy (non-hydrogen) atoms. The van der Waals surface area contributed by atoms with Crippen LogP contribution in [0, 0.1) is 6.92 Å². The lowest BCUT2D eigenvalue weighted by molar-refractivity contribution is -0.141. The van der Waals surface area contributed by atoms with E-state index in [1.54, 1.807) is 13.8 Å². The zero-order valence-corrected chi connectivity index (χ0v) is 14.8. The molecule has 0 bridgehead atoms. The summed E-state index contributed by atoms with van der Waals surface area (Å²) in [6.07, 6.45) is 0.223. The standard InChI is InChI=1S/C17H21N5O4/c1-10(2)18-15(24)16(25)21-19-13(23)8-9-14-20-22-17(26-14)12-6-4-11(3)5-7-12/h4-7,10H,8-9H2,1-3H3,(H,18,24)(H,19,23)(H,21,25). The van der Waals surface area contributed by atoms with Gasteiger partial charge in [-0.25, -0.2) is 0 Å². The second-order valence-corrected chi connectivity index (χ2v) is 6.00. The van der Waals surface area contributed by atoms with Crippen LogP contribution in [0.2, 0.25) is 0 Å². The molecule has 9 heteroatoms. The fourth-order valence-electron chi connectivity index (χ4n) is 1.96. The Morgan fingerprint density at radius 3 is 2.38 bits per heavy atom. The van der Waals surface area contributed by atoms with Gasteiger partial charge in [0, 0.05) is 24.4 Å². The summed E-state index contributed by atoms with van der Waals surface area (Å²) in [4.78, 5) is 34.6. The van der Waals surface area contributed by atoms with Crippen LogP contribution in [-0.2, 0) is 20.8 Å². The third kappa shape index (κ3) is 5.69. The molecule has 9 nitrogen and oxygen atoms in total. The Morgan fingerprint density at radius 1 is 1.04 bits per heavy atom. The number of hydrogen-bond acceptors (Lipinski definition) is 6. The fourth-order valence-corrected chi connectivity index (χ4v) is 1.96. The number of aryl methyl sites for hydroxylation is 2. The molecule has 2 rings (SSSR count). The fraction of sp³-hybridized carbons (Fsp3) is 0.353. The first kappa shape index (κ1) is 19.1. The van der Waals surface area contributed by atoms with E-state index in [0.717, 1.165) is 11.1 Å². The predicted molar refractivity (Wildman–Crippen MR) is 92.4 cm³/mol. The topological polar surface area (TPSA) is 126 Å². The highest BCUT2D eigenvalue weighted by Gasteiger charge is 2.15. The largest absolute Gasteiger partial charge is 0.421 e. The lowest BCUT2D eigenvalue weighted by atomic mass is 10.1. The minimum atomic E-state index is -0.938. The van der Waals surface area contributed by atoms with E-state index in [1.165, 1.54) is 0 Å². The summed E-state index contributed by atoms with van der Waals surface area (Å²) >= 11 is 0. The molecule has 0 unspecified atom stereocenters. The molecule has 3 N–H and O–H groups in total. The van der Waals surface area contributed by atoms with Crippen molar-refractivity contribution in [1.29, 1.82) is 0 Å². The van der Waals surface area contributed by atoms with Crippen molar-refractivity contribution in [3.63, 3.8) is 0 Å². The van der Waals surface area contributed by atoms with Gasteiger partial charge in [0.15, 0.2) is 0 Å². The van der Waals surface area contributed by atoms with E-state index in [2.05, 4.69) is 20.9 Å². The van der Waals surface area contributed by atoms with Crippen LogP contribution in [0.4, 0.5) is 0 Å². The number of hydrazine groups is 1. The lowest BCUT2D eigenvalue weighted by Crippen LogP contribution is -2.49. The van der Waals surface area contributed by atoms with Gasteiger partial charge in [-0.2, -0.15) is 0 Å². The molecule has 0 aliphatic heterocycles. The molecule has 0 spiro atoms. The molecule has 1 aromatic carbocycles. The van der Waals surface area contributed by atoms with Crippen molar-refractivity contribution >= 4 is 17.7 Å². The number of amides is 3. The molecule has 1 heterocycles. The first-order chi connectivity index (χ1) is 12.3. The minimum Gasteiger partial charge on any atom is -0.421 e. The Balaban J connectivity index is 1.78. The van der Waals surface area contributed by atoms with Gasteiger partial charge in [-0.3, -0.25) is 25.2 Å². The third-order valence-electron chi connectivity index (χ3n) is 3.27. The zero-order valence-electron chi connectivity index (χ0n) is 14.8. The van der Waals surface area contributed by atoms with E-state index in [1.807, 2.05) is 36.6 Å². The summed E-state index contributed by atoms with van der Waals surface area (Å²) in [5.74, 6) is -1.56. The third-order valence-corrected chi connectivity index (χ3v) is 3.27. The van der Waals surface area contributed by atoms with E-state index in [-0.39, 0.29) is 18.9 Å². The van der Waals surface area contributed by atoms with Gasteiger partial charge in [0.05, 0.1) is 0 Å². The first-order valence-corrected chi connectivity index (χ1v) is 8.14. The van der Waals surface area contributed by atoms with E-state index in [4.69, 9.17) is 4.42 Å². The molecule has 0 radical (unpaired) electrons. The van der Waals surface area contributed by atoms with Crippen LogP contribution in [0.3, 0.4) is 0 Å². The van der Waals surface area contributed by atoms with Gasteiger partial charge in [-0.05, 0) is 32.9 Å². The van der Waals surface area contributed by atoms with Gasteiger partial charge in [-0.15, -0.1) is 10.2 Å². The molecule has 0 atom stereocenters. The molecule has 2 aromatic rings. The van der Waals surface area contributed by atoms with Crippen LogP contribution in [-0.4, -0.2) is 34.0 Å². The van der Waals surface area contributed by atoms with Gasteiger partial charge in [-0.1, -0.05) is 17.7 Å². The number of rotatable bonds is 5. The van der Waals surface area contributed by atoms with E-state index in [0.29, 0.717) is 11.8 Å². The Morgan fingerprint density at radius 2 is 1.73 bits per heavy atom. The number of hydrogen-bond donors (Lipinski definition) is 3. The molecule has 0 aliphatic carbocycles. The number of nitrogens with one attached hydrogen (secondary N) is 3. The average Bonchev–Trinajstić information content (AvgIpc) is 3.06. The Hall–Kier alpha value is -3.23. The van der Waals surface area contributed by atoms with E-state index < -0.39 is 17.7 Å². The zero-order chi connectivity index (χ0) is 19.1. The number of carbonyl (C=O) groups is 3. The Labute approximate surface area is 150 Å². The molecule has 1 aromatic heterocycles. The molecule has 138 valence electrons. The molecule has 3 amide bonds. The van der Waals surface area contributed by atoms with E-state index in [9.17, 15) is 14.4 Å². The molecule has 0 saturated heterocycles. The van der Waals surface area contributed by atoms with Crippen molar-refractivity contribution in [2.75, 3.05) is 0 Å². The molecule has 0 saturated carbocycles. The molecule has 0 fully saturated rings. The van der Waals surface area contributed by atoms with Gasteiger partial charge in [0.25, 0.3) is 0 Å². The van der Waals surface area contributed by atoms with Crippen molar-refractivity contribution < 1.29 is 18.8 Å². The highest BCUT2D eigenvalue weighted by Crippen LogP contribution is 2.18. The van der Waals surface area contributed by atoms with Crippen LogP contribution in [0.15, 0.2) is 28.7 Å². The smallest absolute Gasteiger partial charge is 0.327 e. The Bertz CT molecular complexity index is 783. The van der Waals surface area contributed by atoms with Crippen LogP contribution in [0.5, 0.6) is 0 Å². The van der Waals surface area contributed by atoms with Gasteiger partial charge in [0.1, 0.15) is 0 Å². The summed E-state index contributed by atoms with van der Waals surface area (Å²) in [5, 5.41) is 10.3. The highest BCUT2D eigenvalue weighted by molar-refractivity contribution is 6.35. The summed E-state index contributed by atoms with van der Waals surface area (Å²) in [6.45, 7) is 5.42. The number of aromatic nitrogens is 2. The summed E-state index contributed by atoms with van der Waals surface area (Å²) in [5.41, 5.74) is 6.12. The average molecular weight is 359 g/mol. The second kappa shape index (κ2) is 8.75. The predicted octanol–water partition coefficient (Wildman–Crippen LogP) is 0.650. The normalized spacial score (nSPS) is 10.5. The van der Waals surface area contributed by atoms with Crippen molar-refractivity contribution in [1.82, 2.24) is 26.4 Å².